The molecule has 0 bridgehead atoms. The maximum absolute atomic E-state index is 13.4. The van der Waals surface area contributed by atoms with Crippen molar-refractivity contribution in [1.82, 2.24) is 19.9 Å². The number of hydrogen-bond donors (Lipinski definition) is 0. The van der Waals surface area contributed by atoms with Crippen LogP contribution < -0.4 is 0 Å². The van der Waals surface area contributed by atoms with E-state index in [1.807, 2.05) is 19.1 Å². The van der Waals surface area contributed by atoms with Crippen LogP contribution in [0.3, 0.4) is 0 Å². The Kier molecular flexibility index (Phi) is 5.78. The van der Waals surface area contributed by atoms with Crippen LogP contribution in [0.4, 0.5) is 8.78 Å². The van der Waals surface area contributed by atoms with Crippen LogP contribution in [0.2, 0.25) is 5.02 Å². The van der Waals surface area contributed by atoms with E-state index in [2.05, 4.69) is 15.0 Å². The smallest absolute Gasteiger partial charge is 0.254 e. The highest BCUT2D eigenvalue weighted by Crippen LogP contribution is 2.25. The second kappa shape index (κ2) is 8.49. The van der Waals surface area contributed by atoms with E-state index in [4.69, 9.17) is 16.1 Å². The first-order chi connectivity index (χ1) is 14.4. The van der Waals surface area contributed by atoms with E-state index in [1.165, 1.54) is 6.07 Å². The number of amides is 1. The molecule has 1 aliphatic heterocycles. The summed E-state index contributed by atoms with van der Waals surface area (Å²) < 4.78 is 32.0. The van der Waals surface area contributed by atoms with Gasteiger partial charge in [-0.05, 0) is 49.4 Å². The molecule has 2 heterocycles. The van der Waals surface area contributed by atoms with Gasteiger partial charge in [-0.25, -0.2) is 8.78 Å². The summed E-state index contributed by atoms with van der Waals surface area (Å²) in [5.41, 5.74) is 0.948. The summed E-state index contributed by atoms with van der Waals surface area (Å²) in [7, 11) is 0. The van der Waals surface area contributed by atoms with Gasteiger partial charge in [-0.2, -0.15) is 4.98 Å². The number of nitrogens with zero attached hydrogens (tertiary/aromatic N) is 4. The molecule has 1 aromatic heterocycles. The van der Waals surface area contributed by atoms with Gasteiger partial charge in [-0.1, -0.05) is 16.8 Å². The summed E-state index contributed by atoms with van der Waals surface area (Å²) in [4.78, 5) is 20.8. The molecular formula is C21H19ClF2N4O2. The number of carbonyl (C=O) groups excluding carboxylic acids is 1. The normalized spacial score (nSPS) is 15.9. The number of carbonyl (C=O) groups is 1. The van der Waals surface area contributed by atoms with Crippen molar-refractivity contribution >= 4 is 17.5 Å². The van der Waals surface area contributed by atoms with Crippen molar-refractivity contribution in [1.29, 1.82) is 0 Å². The average Bonchev–Trinajstić information content (AvgIpc) is 3.25. The molecule has 0 spiro atoms. The number of aromatic nitrogens is 2. The Morgan fingerprint density at radius 3 is 2.43 bits per heavy atom. The van der Waals surface area contributed by atoms with E-state index in [9.17, 15) is 13.6 Å². The number of benzene rings is 2. The van der Waals surface area contributed by atoms with Crippen molar-refractivity contribution in [2.24, 2.45) is 0 Å². The average molecular weight is 433 g/mol. The Bertz CT molecular complexity index is 1050. The summed E-state index contributed by atoms with van der Waals surface area (Å²) in [6.45, 7) is 4.07. The van der Waals surface area contributed by atoms with Crippen molar-refractivity contribution in [3.63, 3.8) is 0 Å². The van der Waals surface area contributed by atoms with Crippen LogP contribution in [-0.4, -0.2) is 52.0 Å². The molecular weight excluding hydrogens is 414 g/mol. The molecule has 0 aliphatic carbocycles. The molecule has 1 atom stereocenters. The lowest BCUT2D eigenvalue weighted by Crippen LogP contribution is -2.49. The van der Waals surface area contributed by atoms with Crippen LogP contribution in [0.15, 0.2) is 47.0 Å². The topological polar surface area (TPSA) is 62.5 Å². The Morgan fingerprint density at radius 2 is 1.77 bits per heavy atom. The molecule has 156 valence electrons. The minimum absolute atomic E-state index is 0.126. The van der Waals surface area contributed by atoms with Gasteiger partial charge in [0.2, 0.25) is 11.7 Å². The molecule has 1 aliphatic rings. The fourth-order valence-corrected chi connectivity index (χ4v) is 3.53. The minimum atomic E-state index is -1.03. The van der Waals surface area contributed by atoms with E-state index in [0.717, 1.165) is 17.7 Å². The maximum Gasteiger partial charge on any atom is 0.254 e. The lowest BCUT2D eigenvalue weighted by atomic mass is 10.1. The van der Waals surface area contributed by atoms with Crippen molar-refractivity contribution in [2.75, 3.05) is 26.2 Å². The predicted octanol–water partition coefficient (Wildman–Crippen LogP) is 4.19. The molecule has 2 aromatic carbocycles. The molecule has 1 fully saturated rings. The third kappa shape index (κ3) is 4.20. The molecule has 0 unspecified atom stereocenters. The highest BCUT2D eigenvalue weighted by Gasteiger charge is 2.28. The number of piperazine rings is 1. The van der Waals surface area contributed by atoms with E-state index in [0.29, 0.717) is 42.9 Å². The third-order valence-corrected chi connectivity index (χ3v) is 5.47. The van der Waals surface area contributed by atoms with Crippen LogP contribution in [0.1, 0.15) is 29.2 Å². The van der Waals surface area contributed by atoms with Gasteiger partial charge in [0.25, 0.3) is 5.91 Å². The molecule has 30 heavy (non-hydrogen) atoms. The Hall–Kier alpha value is -2.84. The molecule has 0 radical (unpaired) electrons. The molecule has 0 N–H and O–H groups in total. The van der Waals surface area contributed by atoms with Gasteiger partial charge in [0.15, 0.2) is 11.6 Å². The molecule has 1 saturated heterocycles. The van der Waals surface area contributed by atoms with Crippen molar-refractivity contribution in [2.45, 2.75) is 13.0 Å². The first-order valence-electron chi connectivity index (χ1n) is 9.50. The summed E-state index contributed by atoms with van der Waals surface area (Å²) >= 11 is 5.91. The molecule has 9 heteroatoms. The summed E-state index contributed by atoms with van der Waals surface area (Å²) in [5.74, 6) is -1.34. The lowest BCUT2D eigenvalue weighted by Gasteiger charge is -2.36. The van der Waals surface area contributed by atoms with Gasteiger partial charge >= 0.3 is 0 Å². The fourth-order valence-electron chi connectivity index (χ4n) is 3.40. The lowest BCUT2D eigenvalue weighted by molar-refractivity contribution is 0.0551. The summed E-state index contributed by atoms with van der Waals surface area (Å²) in [6.07, 6.45) is 0. The fraction of sp³-hybridized carbons (Fsp3) is 0.286. The molecule has 1 amide bonds. The zero-order valence-electron chi connectivity index (χ0n) is 16.2. The minimum Gasteiger partial charge on any atom is -0.337 e. The van der Waals surface area contributed by atoms with Gasteiger partial charge in [-0.15, -0.1) is 0 Å². The summed E-state index contributed by atoms with van der Waals surface area (Å²) in [5, 5.41) is 4.67. The SMILES string of the molecule is C[C@@H](c1nc(-c2ccc(Cl)cc2)no1)N1CCN(C(=O)c2ccc(F)c(F)c2)CC1. The Labute approximate surface area is 177 Å². The van der Waals surface area contributed by atoms with Crippen LogP contribution in [0.5, 0.6) is 0 Å². The second-order valence-corrected chi connectivity index (χ2v) is 7.53. The molecule has 6 nitrogen and oxygen atoms in total. The van der Waals surface area contributed by atoms with Gasteiger partial charge in [0.05, 0.1) is 6.04 Å². The van der Waals surface area contributed by atoms with Gasteiger partial charge in [0.1, 0.15) is 0 Å². The van der Waals surface area contributed by atoms with Gasteiger partial charge in [-0.3, -0.25) is 9.69 Å². The first kappa shape index (κ1) is 20.4. The largest absolute Gasteiger partial charge is 0.337 e. The highest BCUT2D eigenvalue weighted by molar-refractivity contribution is 6.30. The van der Waals surface area contributed by atoms with E-state index < -0.39 is 11.6 Å². The van der Waals surface area contributed by atoms with Gasteiger partial charge in [0, 0.05) is 42.3 Å². The standard InChI is InChI=1S/C21H19ClF2N4O2/c1-13(20-25-19(26-30-20)14-2-5-16(22)6-3-14)27-8-10-28(11-9-27)21(29)15-4-7-17(23)18(24)12-15/h2-7,12-13H,8-11H2,1H3/t13-/m0/s1. The zero-order chi connectivity index (χ0) is 21.3. The highest BCUT2D eigenvalue weighted by atomic mass is 35.5. The Balaban J connectivity index is 1.38. The number of hydrogen-bond acceptors (Lipinski definition) is 5. The van der Waals surface area contributed by atoms with E-state index in [1.54, 1.807) is 17.0 Å². The molecule has 3 aromatic rings. The van der Waals surface area contributed by atoms with Crippen molar-refractivity contribution < 1.29 is 18.1 Å². The number of halogens is 3. The van der Waals surface area contributed by atoms with E-state index in [-0.39, 0.29) is 17.5 Å². The van der Waals surface area contributed by atoms with Crippen LogP contribution in [0, 0.1) is 11.6 Å². The van der Waals surface area contributed by atoms with Crippen LogP contribution >= 0.6 is 11.6 Å². The summed E-state index contributed by atoms with van der Waals surface area (Å²) in [6, 6.07) is 10.2. The first-order valence-corrected chi connectivity index (χ1v) is 9.88. The maximum atomic E-state index is 13.4. The van der Waals surface area contributed by atoms with Crippen molar-refractivity contribution in [3.8, 4) is 11.4 Å². The van der Waals surface area contributed by atoms with Crippen LogP contribution in [-0.2, 0) is 0 Å². The van der Waals surface area contributed by atoms with Gasteiger partial charge < -0.3 is 9.42 Å². The monoisotopic (exact) mass is 432 g/mol. The quantitative estimate of drug-likeness (QED) is 0.618. The molecule has 4 rings (SSSR count). The molecule has 0 saturated carbocycles. The third-order valence-electron chi connectivity index (χ3n) is 5.22. The Morgan fingerprint density at radius 1 is 1.07 bits per heavy atom. The number of rotatable bonds is 4. The van der Waals surface area contributed by atoms with E-state index >= 15 is 0 Å². The predicted molar refractivity (Wildman–Crippen MR) is 107 cm³/mol. The van der Waals surface area contributed by atoms with Crippen molar-refractivity contribution in [3.05, 3.63) is 70.6 Å². The zero-order valence-corrected chi connectivity index (χ0v) is 16.9. The van der Waals surface area contributed by atoms with Crippen LogP contribution in [0.25, 0.3) is 11.4 Å². The second-order valence-electron chi connectivity index (χ2n) is 7.10.